The fraction of sp³-hybridized carbons (Fsp3) is 0.615. The quantitative estimate of drug-likeness (QED) is 0.367. The molecule has 120 valence electrons. The first-order valence-electron chi connectivity index (χ1n) is 6.78. The summed E-state index contributed by atoms with van der Waals surface area (Å²) < 4.78 is 0. The first-order chi connectivity index (χ1) is 9.56. The number of rotatable bonds is 6. The van der Waals surface area contributed by atoms with Crippen LogP contribution in [0, 0.1) is 13.8 Å². The summed E-state index contributed by atoms with van der Waals surface area (Å²) in [5.74, 6) is 0.568. The zero-order chi connectivity index (χ0) is 15.0. The van der Waals surface area contributed by atoms with Crippen LogP contribution >= 0.6 is 35.3 Å². The van der Waals surface area contributed by atoms with E-state index in [0.29, 0.717) is 19.0 Å². The summed E-state index contributed by atoms with van der Waals surface area (Å²) in [6.07, 6.45) is 0. The number of thiazole rings is 1. The van der Waals surface area contributed by atoms with Crippen LogP contribution in [0.5, 0.6) is 0 Å². The second-order valence-electron chi connectivity index (χ2n) is 4.24. The highest BCUT2D eigenvalue weighted by molar-refractivity contribution is 14.0. The monoisotopic (exact) mass is 425 g/mol. The van der Waals surface area contributed by atoms with E-state index in [0.717, 1.165) is 17.2 Å². The number of carbonyl (C=O) groups excluding carboxylic acids is 1. The maximum atomic E-state index is 11.4. The minimum atomic E-state index is -0.0745. The minimum absolute atomic E-state index is 0. The zero-order valence-electron chi connectivity index (χ0n) is 12.9. The number of hydrogen-bond acceptors (Lipinski definition) is 4. The molecule has 1 aromatic rings. The Labute approximate surface area is 147 Å². The Bertz CT molecular complexity index is 475. The van der Waals surface area contributed by atoms with Crippen molar-refractivity contribution in [1.82, 2.24) is 20.9 Å². The van der Waals surface area contributed by atoms with Gasteiger partial charge in [0.05, 0.1) is 17.2 Å². The van der Waals surface area contributed by atoms with E-state index in [9.17, 15) is 4.79 Å². The number of aliphatic imine (C=N–C) groups is 1. The number of nitrogens with zero attached hydrogens (tertiary/aromatic N) is 2. The lowest BCUT2D eigenvalue weighted by atomic mass is 10.4. The van der Waals surface area contributed by atoms with Crippen molar-refractivity contribution < 1.29 is 4.79 Å². The third-order valence-corrected chi connectivity index (χ3v) is 3.59. The lowest BCUT2D eigenvalue weighted by molar-refractivity contribution is -0.119. The average Bonchev–Trinajstić information content (AvgIpc) is 2.71. The second kappa shape index (κ2) is 10.8. The number of aryl methyl sites for hydroxylation is 2. The van der Waals surface area contributed by atoms with Crippen LogP contribution in [0.4, 0.5) is 0 Å². The van der Waals surface area contributed by atoms with Crippen molar-refractivity contribution in [3.63, 3.8) is 0 Å². The smallest absolute Gasteiger partial charge is 0.241 e. The summed E-state index contributed by atoms with van der Waals surface area (Å²) in [5, 5.41) is 10.1. The molecule has 8 heteroatoms. The predicted molar refractivity (Wildman–Crippen MR) is 98.5 cm³/mol. The van der Waals surface area contributed by atoms with Crippen molar-refractivity contribution in [1.29, 1.82) is 0 Å². The highest BCUT2D eigenvalue weighted by atomic mass is 127. The van der Waals surface area contributed by atoms with Crippen molar-refractivity contribution in [2.45, 2.75) is 34.2 Å². The van der Waals surface area contributed by atoms with Crippen LogP contribution in [0.3, 0.4) is 0 Å². The van der Waals surface area contributed by atoms with E-state index in [1.54, 1.807) is 11.3 Å². The Hall–Kier alpha value is -0.900. The van der Waals surface area contributed by atoms with Crippen LogP contribution in [0.2, 0.25) is 0 Å². The summed E-state index contributed by atoms with van der Waals surface area (Å²) in [5.41, 5.74) is 1.04. The van der Waals surface area contributed by atoms with Crippen molar-refractivity contribution in [2.75, 3.05) is 19.6 Å². The molecule has 1 rings (SSSR count). The van der Waals surface area contributed by atoms with Gasteiger partial charge in [0, 0.05) is 18.0 Å². The van der Waals surface area contributed by atoms with Gasteiger partial charge < -0.3 is 16.0 Å². The highest BCUT2D eigenvalue weighted by Gasteiger charge is 2.06. The molecule has 1 amide bonds. The van der Waals surface area contributed by atoms with Crippen molar-refractivity contribution in [3.8, 4) is 0 Å². The predicted octanol–water partition coefficient (Wildman–Crippen LogP) is 1.57. The normalized spacial score (nSPS) is 10.8. The van der Waals surface area contributed by atoms with Gasteiger partial charge >= 0.3 is 0 Å². The minimum Gasteiger partial charge on any atom is -0.357 e. The first-order valence-corrected chi connectivity index (χ1v) is 7.60. The fourth-order valence-corrected chi connectivity index (χ4v) is 2.52. The average molecular weight is 425 g/mol. The van der Waals surface area contributed by atoms with Gasteiger partial charge in [-0.1, -0.05) is 0 Å². The molecule has 0 aromatic carbocycles. The molecular weight excluding hydrogens is 401 g/mol. The van der Waals surface area contributed by atoms with Crippen LogP contribution in [0.25, 0.3) is 0 Å². The van der Waals surface area contributed by atoms with E-state index in [1.165, 1.54) is 4.88 Å². The van der Waals surface area contributed by atoms with Crippen molar-refractivity contribution in [2.24, 2.45) is 4.99 Å². The topological polar surface area (TPSA) is 78.4 Å². The summed E-state index contributed by atoms with van der Waals surface area (Å²) in [6, 6.07) is 0. The second-order valence-corrected chi connectivity index (χ2v) is 5.53. The van der Waals surface area contributed by atoms with Crippen molar-refractivity contribution in [3.05, 3.63) is 15.6 Å². The largest absolute Gasteiger partial charge is 0.357 e. The van der Waals surface area contributed by atoms with Gasteiger partial charge in [-0.25, -0.2) is 9.98 Å². The molecule has 0 unspecified atom stereocenters. The van der Waals surface area contributed by atoms with Crippen LogP contribution in [-0.2, 0) is 11.3 Å². The van der Waals surface area contributed by atoms with Gasteiger partial charge in [0.1, 0.15) is 6.54 Å². The van der Waals surface area contributed by atoms with Gasteiger partial charge in [-0.3, -0.25) is 4.79 Å². The Kier molecular flexibility index (Phi) is 10.3. The maximum Gasteiger partial charge on any atom is 0.241 e. The van der Waals surface area contributed by atoms with Gasteiger partial charge in [-0.15, -0.1) is 35.3 Å². The van der Waals surface area contributed by atoms with E-state index in [4.69, 9.17) is 0 Å². The molecule has 3 N–H and O–H groups in total. The zero-order valence-corrected chi connectivity index (χ0v) is 16.1. The number of nitrogens with one attached hydrogen (secondary N) is 3. The molecule has 0 bridgehead atoms. The molecule has 1 aromatic heterocycles. The van der Waals surface area contributed by atoms with Gasteiger partial charge in [0.15, 0.2) is 5.96 Å². The van der Waals surface area contributed by atoms with E-state index < -0.39 is 0 Å². The summed E-state index contributed by atoms with van der Waals surface area (Å²) in [6.45, 7) is 10.0. The molecule has 21 heavy (non-hydrogen) atoms. The van der Waals surface area contributed by atoms with E-state index in [-0.39, 0.29) is 36.4 Å². The first kappa shape index (κ1) is 20.1. The van der Waals surface area contributed by atoms with Gasteiger partial charge in [0.25, 0.3) is 0 Å². The van der Waals surface area contributed by atoms with Gasteiger partial charge in [0.2, 0.25) is 5.91 Å². The third kappa shape index (κ3) is 7.60. The van der Waals surface area contributed by atoms with Gasteiger partial charge in [-0.05, 0) is 27.7 Å². The third-order valence-electron chi connectivity index (χ3n) is 2.51. The molecule has 1 heterocycles. The Morgan fingerprint density at radius 3 is 2.38 bits per heavy atom. The molecule has 0 aliphatic rings. The molecular formula is C13H24IN5OS. The van der Waals surface area contributed by atoms with Crippen LogP contribution < -0.4 is 16.0 Å². The fourth-order valence-electron chi connectivity index (χ4n) is 1.65. The number of aromatic nitrogens is 1. The van der Waals surface area contributed by atoms with Crippen LogP contribution in [0.15, 0.2) is 4.99 Å². The molecule has 0 atom stereocenters. The number of hydrogen-bond donors (Lipinski definition) is 3. The SMILES string of the molecule is CCNC(=O)CN=C(NCC)NCc1sc(C)nc1C.I. The van der Waals surface area contributed by atoms with Gasteiger partial charge in [-0.2, -0.15) is 0 Å². The molecule has 6 nitrogen and oxygen atoms in total. The Balaban J connectivity index is 0.00000400. The van der Waals surface area contributed by atoms with Crippen LogP contribution in [0.1, 0.15) is 29.4 Å². The highest BCUT2D eigenvalue weighted by Crippen LogP contribution is 2.16. The van der Waals surface area contributed by atoms with E-state index >= 15 is 0 Å². The Morgan fingerprint density at radius 2 is 1.86 bits per heavy atom. The molecule has 0 saturated heterocycles. The maximum absolute atomic E-state index is 11.4. The number of likely N-dealkylation sites (N-methyl/N-ethyl adjacent to an activating group) is 1. The molecule has 0 aliphatic heterocycles. The van der Waals surface area contributed by atoms with E-state index in [2.05, 4.69) is 25.9 Å². The lowest BCUT2D eigenvalue weighted by Crippen LogP contribution is -2.38. The number of halogens is 1. The Morgan fingerprint density at radius 1 is 1.19 bits per heavy atom. The molecule has 0 saturated carbocycles. The number of carbonyl (C=O) groups is 1. The lowest BCUT2D eigenvalue weighted by Gasteiger charge is -2.10. The van der Waals surface area contributed by atoms with E-state index in [1.807, 2.05) is 27.7 Å². The molecule has 0 aliphatic carbocycles. The summed E-state index contributed by atoms with van der Waals surface area (Å²) >= 11 is 1.67. The van der Waals surface area contributed by atoms with Crippen molar-refractivity contribution >= 4 is 47.2 Å². The number of guanidine groups is 1. The molecule has 0 spiro atoms. The van der Waals surface area contributed by atoms with Crippen LogP contribution in [-0.4, -0.2) is 36.5 Å². The molecule has 0 fully saturated rings. The summed E-state index contributed by atoms with van der Waals surface area (Å²) in [7, 11) is 0. The number of amides is 1. The standard InChI is InChI=1S/C13H23N5OS.HI/c1-5-14-12(19)8-17-13(15-6-2)16-7-11-9(3)18-10(4)20-11;/h5-8H2,1-4H3,(H,14,19)(H2,15,16,17);1H. The summed E-state index contributed by atoms with van der Waals surface area (Å²) in [4.78, 5) is 21.2. The molecule has 0 radical (unpaired) electrons.